The number of ether oxygens (including phenoxy) is 3. The van der Waals surface area contributed by atoms with E-state index in [2.05, 4.69) is 0 Å². The van der Waals surface area contributed by atoms with Crippen molar-refractivity contribution in [1.82, 2.24) is 0 Å². The first-order chi connectivity index (χ1) is 12.2. The number of carboxylic acid groups (broad SMARTS) is 1. The molecule has 0 bridgehead atoms. The average Bonchev–Trinajstić information content (AvgIpc) is 2.58. The highest BCUT2D eigenvalue weighted by Crippen LogP contribution is 2.22. The molecule has 0 saturated carbocycles. The Labute approximate surface area is 152 Å². The van der Waals surface area contributed by atoms with Crippen LogP contribution in [0.5, 0.6) is 11.5 Å². The topological polar surface area (TPSA) is 82.1 Å². The summed E-state index contributed by atoms with van der Waals surface area (Å²) in [5.74, 6) is -0.731. The first-order valence-electron chi connectivity index (χ1n) is 8.06. The fourth-order valence-corrected chi connectivity index (χ4v) is 2.23. The molecule has 0 unspecified atom stereocenters. The summed E-state index contributed by atoms with van der Waals surface area (Å²) >= 11 is 0. The molecule has 0 aliphatic rings. The third-order valence-electron chi connectivity index (χ3n) is 3.37. The maximum atomic E-state index is 12.1. The second-order valence-electron chi connectivity index (χ2n) is 6.66. The van der Waals surface area contributed by atoms with Gasteiger partial charge in [-0.15, -0.1) is 0 Å². The third-order valence-corrected chi connectivity index (χ3v) is 3.37. The maximum Gasteiger partial charge on any atom is 0.339 e. The number of benzene rings is 2. The lowest BCUT2D eigenvalue weighted by Gasteiger charge is -2.19. The molecule has 0 radical (unpaired) electrons. The predicted octanol–water partition coefficient (Wildman–Crippen LogP) is 3.93. The molecule has 0 saturated heterocycles. The molecule has 138 valence electrons. The second kappa shape index (κ2) is 7.91. The van der Waals surface area contributed by atoms with Crippen LogP contribution < -0.4 is 9.47 Å². The van der Waals surface area contributed by atoms with Crippen molar-refractivity contribution in [1.29, 1.82) is 0 Å². The number of hydrogen-bond donors (Lipinski definition) is 1. The molecule has 0 spiro atoms. The van der Waals surface area contributed by atoms with Crippen molar-refractivity contribution in [3.63, 3.8) is 0 Å². The molecule has 26 heavy (non-hydrogen) atoms. The van der Waals surface area contributed by atoms with Crippen LogP contribution in [0.1, 0.15) is 47.1 Å². The second-order valence-corrected chi connectivity index (χ2v) is 6.66. The Bertz CT molecular complexity index is 804. The van der Waals surface area contributed by atoms with Crippen LogP contribution in [-0.2, 0) is 11.3 Å². The minimum Gasteiger partial charge on any atom is -0.496 e. The fourth-order valence-electron chi connectivity index (χ4n) is 2.23. The molecular weight excluding hydrogens is 336 g/mol. The van der Waals surface area contributed by atoms with E-state index in [4.69, 9.17) is 14.2 Å². The number of rotatable bonds is 6. The van der Waals surface area contributed by atoms with Crippen molar-refractivity contribution < 1.29 is 28.9 Å². The number of aromatic carboxylic acids is 1. The van der Waals surface area contributed by atoms with E-state index in [9.17, 15) is 14.7 Å². The normalized spacial score (nSPS) is 10.9. The van der Waals surface area contributed by atoms with E-state index in [1.165, 1.54) is 13.2 Å². The Morgan fingerprint density at radius 1 is 1.08 bits per heavy atom. The zero-order valence-corrected chi connectivity index (χ0v) is 15.2. The molecule has 2 aromatic rings. The van der Waals surface area contributed by atoms with Gasteiger partial charge < -0.3 is 19.3 Å². The lowest BCUT2D eigenvalue weighted by atomic mass is 10.1. The minimum absolute atomic E-state index is 0.0658. The van der Waals surface area contributed by atoms with Crippen molar-refractivity contribution in [3.8, 4) is 11.5 Å². The van der Waals surface area contributed by atoms with Gasteiger partial charge in [-0.3, -0.25) is 0 Å². The molecule has 1 N–H and O–H groups in total. The Morgan fingerprint density at radius 3 is 2.42 bits per heavy atom. The van der Waals surface area contributed by atoms with Crippen LogP contribution in [0.25, 0.3) is 0 Å². The van der Waals surface area contributed by atoms with E-state index in [0.717, 1.165) is 0 Å². The number of carboxylic acids is 1. The number of esters is 1. The van der Waals surface area contributed by atoms with Crippen molar-refractivity contribution in [2.75, 3.05) is 7.11 Å². The van der Waals surface area contributed by atoms with Gasteiger partial charge in [-0.05, 0) is 56.7 Å². The fraction of sp³-hybridized carbons (Fsp3) is 0.300. The number of hydrogen-bond acceptors (Lipinski definition) is 5. The molecule has 6 nitrogen and oxygen atoms in total. The molecule has 0 aromatic heterocycles. The van der Waals surface area contributed by atoms with Crippen LogP contribution in [0.15, 0.2) is 42.5 Å². The van der Waals surface area contributed by atoms with Crippen LogP contribution in [-0.4, -0.2) is 29.8 Å². The van der Waals surface area contributed by atoms with Crippen molar-refractivity contribution in [3.05, 3.63) is 59.2 Å². The predicted molar refractivity (Wildman–Crippen MR) is 95.9 cm³/mol. The number of carbonyl (C=O) groups is 2. The summed E-state index contributed by atoms with van der Waals surface area (Å²) in [6.45, 7) is 5.56. The summed E-state index contributed by atoms with van der Waals surface area (Å²) in [4.78, 5) is 23.4. The zero-order valence-electron chi connectivity index (χ0n) is 15.2. The highest BCUT2D eigenvalue weighted by atomic mass is 16.6. The number of carbonyl (C=O) groups excluding carboxylic acids is 1. The highest BCUT2D eigenvalue weighted by Gasteiger charge is 2.18. The van der Waals surface area contributed by atoms with Gasteiger partial charge in [0.1, 0.15) is 29.3 Å². The molecule has 0 fully saturated rings. The molecule has 0 aliphatic heterocycles. The largest absolute Gasteiger partial charge is 0.496 e. The van der Waals surface area contributed by atoms with E-state index in [1.54, 1.807) is 57.2 Å². The monoisotopic (exact) mass is 358 g/mol. The molecule has 6 heteroatoms. The summed E-state index contributed by atoms with van der Waals surface area (Å²) in [6, 6.07) is 11.5. The van der Waals surface area contributed by atoms with Crippen LogP contribution in [0.3, 0.4) is 0 Å². The first-order valence-corrected chi connectivity index (χ1v) is 8.06. The molecular formula is C20H22O6. The summed E-state index contributed by atoms with van der Waals surface area (Å²) < 4.78 is 16.0. The molecule has 2 aromatic carbocycles. The first kappa shape index (κ1) is 19.3. The van der Waals surface area contributed by atoms with Crippen molar-refractivity contribution >= 4 is 11.9 Å². The van der Waals surface area contributed by atoms with E-state index in [1.807, 2.05) is 0 Å². The summed E-state index contributed by atoms with van der Waals surface area (Å²) in [5.41, 5.74) is 0.546. The Kier molecular flexibility index (Phi) is 5.87. The smallest absolute Gasteiger partial charge is 0.339 e. The third kappa shape index (κ3) is 5.24. The molecule has 0 heterocycles. The molecule has 0 atom stereocenters. The van der Waals surface area contributed by atoms with E-state index in [0.29, 0.717) is 16.9 Å². The molecule has 0 amide bonds. The van der Waals surface area contributed by atoms with Gasteiger partial charge in [0, 0.05) is 0 Å². The van der Waals surface area contributed by atoms with Gasteiger partial charge in [-0.25, -0.2) is 9.59 Å². The zero-order chi connectivity index (χ0) is 19.3. The van der Waals surface area contributed by atoms with E-state index in [-0.39, 0.29) is 17.9 Å². The Balaban J connectivity index is 2.11. The van der Waals surface area contributed by atoms with Gasteiger partial charge in [0.2, 0.25) is 0 Å². The maximum absolute atomic E-state index is 12.1. The summed E-state index contributed by atoms with van der Waals surface area (Å²) in [5, 5.41) is 9.22. The minimum atomic E-state index is -1.07. The lowest BCUT2D eigenvalue weighted by molar-refractivity contribution is 0.00688. The summed E-state index contributed by atoms with van der Waals surface area (Å²) in [7, 11) is 1.42. The van der Waals surface area contributed by atoms with Gasteiger partial charge in [-0.1, -0.05) is 12.1 Å². The standard InChI is InChI=1S/C20H22O6/c1-20(2,3)26-19(23)14-6-5-7-15(11-14)25-12-13-8-9-17(24-4)16(10-13)18(21)22/h5-11H,12H2,1-4H3,(H,21,22). The number of methoxy groups -OCH3 is 1. The van der Waals surface area contributed by atoms with Gasteiger partial charge in [-0.2, -0.15) is 0 Å². The van der Waals surface area contributed by atoms with Crippen LogP contribution in [0, 0.1) is 0 Å². The van der Waals surface area contributed by atoms with E-state index >= 15 is 0 Å². The quantitative estimate of drug-likeness (QED) is 0.788. The average molecular weight is 358 g/mol. The van der Waals surface area contributed by atoms with Gasteiger partial charge >= 0.3 is 11.9 Å². The van der Waals surface area contributed by atoms with E-state index < -0.39 is 17.5 Å². The van der Waals surface area contributed by atoms with Crippen LogP contribution >= 0.6 is 0 Å². The molecule has 2 rings (SSSR count). The Morgan fingerprint density at radius 2 is 1.81 bits per heavy atom. The summed E-state index contributed by atoms with van der Waals surface area (Å²) in [6.07, 6.45) is 0. The Hall–Kier alpha value is -3.02. The lowest BCUT2D eigenvalue weighted by Crippen LogP contribution is -2.23. The van der Waals surface area contributed by atoms with Gasteiger partial charge in [0.25, 0.3) is 0 Å². The molecule has 0 aliphatic carbocycles. The van der Waals surface area contributed by atoms with Crippen LogP contribution in [0.2, 0.25) is 0 Å². The van der Waals surface area contributed by atoms with Crippen LogP contribution in [0.4, 0.5) is 0 Å². The van der Waals surface area contributed by atoms with Gasteiger partial charge in [0.15, 0.2) is 0 Å². The van der Waals surface area contributed by atoms with Crippen molar-refractivity contribution in [2.24, 2.45) is 0 Å². The highest BCUT2D eigenvalue weighted by molar-refractivity contribution is 5.91. The SMILES string of the molecule is COc1ccc(COc2cccc(C(=O)OC(C)(C)C)c2)cc1C(=O)O. The van der Waals surface area contributed by atoms with Crippen molar-refractivity contribution in [2.45, 2.75) is 33.0 Å². The van der Waals surface area contributed by atoms with Gasteiger partial charge in [0.05, 0.1) is 12.7 Å².